The quantitative estimate of drug-likeness (QED) is 0.865. The molecule has 0 aromatic carbocycles. The molecule has 1 saturated heterocycles. The van der Waals surface area contributed by atoms with Crippen molar-refractivity contribution in [2.24, 2.45) is 0 Å². The fraction of sp³-hybridized carbons (Fsp3) is 0.444. The summed E-state index contributed by atoms with van der Waals surface area (Å²) in [6.07, 6.45) is 3.13. The van der Waals surface area contributed by atoms with E-state index in [1.807, 2.05) is 6.07 Å². The van der Waals surface area contributed by atoms with Crippen molar-refractivity contribution in [3.05, 3.63) is 16.7 Å². The zero-order valence-corrected chi connectivity index (χ0v) is 9.25. The summed E-state index contributed by atoms with van der Waals surface area (Å²) >= 11 is 3.35. The van der Waals surface area contributed by atoms with Gasteiger partial charge >= 0.3 is 0 Å². The van der Waals surface area contributed by atoms with E-state index in [-0.39, 0.29) is 0 Å². The summed E-state index contributed by atoms with van der Waals surface area (Å²) in [7, 11) is 0. The number of anilines is 2. The van der Waals surface area contributed by atoms with Crippen LogP contribution in [0.2, 0.25) is 0 Å². The van der Waals surface area contributed by atoms with Gasteiger partial charge in [0.1, 0.15) is 5.82 Å². The van der Waals surface area contributed by atoms with Gasteiger partial charge in [-0.15, -0.1) is 0 Å². The summed E-state index contributed by atoms with van der Waals surface area (Å²) in [5, 5.41) is 3.21. The largest absolute Gasteiger partial charge is 0.382 e. The summed E-state index contributed by atoms with van der Waals surface area (Å²) in [6, 6.07) is 1.92. The Labute approximate surface area is 91.0 Å². The second-order valence-corrected chi connectivity index (χ2v) is 4.16. The maximum Gasteiger partial charge on any atom is 0.146 e. The van der Waals surface area contributed by atoms with Gasteiger partial charge in [0.25, 0.3) is 0 Å². The van der Waals surface area contributed by atoms with Crippen molar-refractivity contribution in [2.45, 2.75) is 12.5 Å². The average Bonchev–Trinajstić information content (AvgIpc) is 2.08. The maximum atomic E-state index is 5.70. The molecular formula is C9H12BrN3O. The number of ether oxygens (including phenoxy) is 1. The lowest BCUT2D eigenvalue weighted by Crippen LogP contribution is -2.33. The molecule has 0 radical (unpaired) electrons. The van der Waals surface area contributed by atoms with Crippen LogP contribution in [0.4, 0.5) is 11.5 Å². The number of nitrogens with two attached hydrogens (primary N) is 1. The zero-order chi connectivity index (χ0) is 9.97. The van der Waals surface area contributed by atoms with E-state index in [2.05, 4.69) is 26.2 Å². The van der Waals surface area contributed by atoms with Crippen LogP contribution in [0.15, 0.2) is 16.7 Å². The highest BCUT2D eigenvalue weighted by atomic mass is 79.9. The molecule has 1 aliphatic heterocycles. The van der Waals surface area contributed by atoms with Gasteiger partial charge in [0.05, 0.1) is 11.8 Å². The Morgan fingerprint density at radius 2 is 2.50 bits per heavy atom. The summed E-state index contributed by atoms with van der Waals surface area (Å²) < 4.78 is 6.21. The smallest absolute Gasteiger partial charge is 0.146 e. The predicted molar refractivity (Wildman–Crippen MR) is 59.2 cm³/mol. The Hall–Kier alpha value is -0.810. The van der Waals surface area contributed by atoms with Crippen LogP contribution in [0.3, 0.4) is 0 Å². The first-order valence-electron chi connectivity index (χ1n) is 4.52. The molecule has 1 aliphatic rings. The highest BCUT2D eigenvalue weighted by Gasteiger charge is 2.17. The third kappa shape index (κ3) is 2.16. The molecule has 0 unspecified atom stereocenters. The number of hydrogen-bond donors (Lipinski definition) is 2. The van der Waals surface area contributed by atoms with Crippen molar-refractivity contribution in [2.75, 3.05) is 24.2 Å². The summed E-state index contributed by atoms with van der Waals surface area (Å²) in [5.74, 6) is 0.521. The Bertz CT molecular complexity index is 328. The predicted octanol–water partition coefficient (Wildman–Crippen LogP) is 1.63. The zero-order valence-electron chi connectivity index (χ0n) is 7.66. The van der Waals surface area contributed by atoms with E-state index in [0.29, 0.717) is 11.9 Å². The summed E-state index contributed by atoms with van der Waals surface area (Å²) in [6.45, 7) is 1.67. The van der Waals surface area contributed by atoms with Gasteiger partial charge in [-0.2, -0.15) is 0 Å². The number of aromatic nitrogens is 1. The standard InChI is InChI=1S/C9H12BrN3O/c10-6-3-8(9(11)13-4-6)12-5-7-1-2-14-7/h3-4,7,12H,1-2,5H2,(H2,11,13)/t7-/m0/s1. The van der Waals surface area contributed by atoms with E-state index < -0.39 is 0 Å². The molecule has 0 bridgehead atoms. The van der Waals surface area contributed by atoms with Gasteiger partial charge in [-0.25, -0.2) is 4.98 Å². The minimum Gasteiger partial charge on any atom is -0.382 e. The lowest BCUT2D eigenvalue weighted by molar-refractivity contribution is -0.0410. The lowest BCUT2D eigenvalue weighted by atomic mass is 10.2. The molecule has 3 N–H and O–H groups in total. The van der Waals surface area contributed by atoms with E-state index in [0.717, 1.165) is 29.7 Å². The minimum absolute atomic E-state index is 0.327. The molecule has 0 spiro atoms. The molecule has 0 saturated carbocycles. The number of hydrogen-bond acceptors (Lipinski definition) is 4. The van der Waals surface area contributed by atoms with E-state index in [1.165, 1.54) is 0 Å². The van der Waals surface area contributed by atoms with E-state index in [4.69, 9.17) is 10.5 Å². The Balaban J connectivity index is 1.96. The normalized spacial score (nSPS) is 20.2. The van der Waals surface area contributed by atoms with E-state index in [9.17, 15) is 0 Å². The molecule has 4 nitrogen and oxygen atoms in total. The lowest BCUT2D eigenvalue weighted by Gasteiger charge is -2.27. The molecule has 1 atom stereocenters. The van der Waals surface area contributed by atoms with Gasteiger partial charge in [0.2, 0.25) is 0 Å². The highest BCUT2D eigenvalue weighted by Crippen LogP contribution is 2.21. The SMILES string of the molecule is Nc1ncc(Br)cc1NC[C@@H]1CCO1. The number of halogens is 1. The van der Waals surface area contributed by atoms with Crippen molar-refractivity contribution in [1.82, 2.24) is 4.98 Å². The van der Waals surface area contributed by atoms with Crippen LogP contribution in [-0.4, -0.2) is 24.2 Å². The van der Waals surface area contributed by atoms with Crippen LogP contribution in [-0.2, 0) is 4.74 Å². The van der Waals surface area contributed by atoms with Crippen LogP contribution in [0, 0.1) is 0 Å². The Morgan fingerprint density at radius 1 is 1.71 bits per heavy atom. The molecule has 2 heterocycles. The minimum atomic E-state index is 0.327. The second-order valence-electron chi connectivity index (χ2n) is 3.25. The molecule has 5 heteroatoms. The van der Waals surface area contributed by atoms with Gasteiger partial charge in [-0.05, 0) is 28.4 Å². The van der Waals surface area contributed by atoms with Crippen LogP contribution in [0.25, 0.3) is 0 Å². The number of nitrogens with one attached hydrogen (secondary N) is 1. The number of rotatable bonds is 3. The third-order valence-corrected chi connectivity index (χ3v) is 2.63. The molecule has 2 rings (SSSR count). The Kier molecular flexibility index (Phi) is 2.88. The topological polar surface area (TPSA) is 60.2 Å². The van der Waals surface area contributed by atoms with Crippen LogP contribution in [0.1, 0.15) is 6.42 Å². The van der Waals surface area contributed by atoms with Crippen LogP contribution in [0.5, 0.6) is 0 Å². The molecule has 1 aromatic heterocycles. The average molecular weight is 258 g/mol. The molecule has 1 aromatic rings. The summed E-state index contributed by atoms with van der Waals surface area (Å²) in [4.78, 5) is 4.03. The van der Waals surface area contributed by atoms with E-state index >= 15 is 0 Å². The van der Waals surface area contributed by atoms with Crippen molar-refractivity contribution in [1.29, 1.82) is 0 Å². The third-order valence-electron chi connectivity index (χ3n) is 2.20. The number of pyridine rings is 1. The molecular weight excluding hydrogens is 246 g/mol. The van der Waals surface area contributed by atoms with Crippen molar-refractivity contribution >= 4 is 27.4 Å². The van der Waals surface area contributed by atoms with Gasteiger partial charge in [0.15, 0.2) is 0 Å². The van der Waals surface area contributed by atoms with Crippen molar-refractivity contribution < 1.29 is 4.74 Å². The fourth-order valence-electron chi connectivity index (χ4n) is 1.26. The highest BCUT2D eigenvalue weighted by molar-refractivity contribution is 9.10. The molecule has 14 heavy (non-hydrogen) atoms. The molecule has 0 amide bonds. The Morgan fingerprint density at radius 3 is 3.14 bits per heavy atom. The van der Waals surface area contributed by atoms with Crippen molar-refractivity contribution in [3.63, 3.8) is 0 Å². The first kappa shape index (κ1) is 9.73. The fourth-order valence-corrected chi connectivity index (χ4v) is 1.59. The molecule has 76 valence electrons. The molecule has 0 aliphatic carbocycles. The monoisotopic (exact) mass is 257 g/mol. The second kappa shape index (κ2) is 4.14. The van der Waals surface area contributed by atoms with Gasteiger partial charge in [0, 0.05) is 23.8 Å². The summed E-state index contributed by atoms with van der Waals surface area (Å²) in [5.41, 5.74) is 6.56. The van der Waals surface area contributed by atoms with Crippen LogP contribution >= 0.6 is 15.9 Å². The van der Waals surface area contributed by atoms with Gasteiger partial charge in [-0.1, -0.05) is 0 Å². The van der Waals surface area contributed by atoms with Crippen LogP contribution < -0.4 is 11.1 Å². The first-order chi connectivity index (χ1) is 6.75. The maximum absolute atomic E-state index is 5.70. The van der Waals surface area contributed by atoms with E-state index in [1.54, 1.807) is 6.20 Å². The number of nitrogen functional groups attached to an aromatic ring is 1. The van der Waals surface area contributed by atoms with Gasteiger partial charge < -0.3 is 15.8 Å². The molecule has 1 fully saturated rings. The number of nitrogens with zero attached hydrogens (tertiary/aromatic N) is 1. The van der Waals surface area contributed by atoms with Gasteiger partial charge in [-0.3, -0.25) is 0 Å². The van der Waals surface area contributed by atoms with Crippen molar-refractivity contribution in [3.8, 4) is 0 Å². The first-order valence-corrected chi connectivity index (χ1v) is 5.31.